The van der Waals surface area contributed by atoms with Gasteiger partial charge in [0.25, 0.3) is 0 Å². The van der Waals surface area contributed by atoms with Crippen molar-refractivity contribution < 1.29 is 4.74 Å². The van der Waals surface area contributed by atoms with Gasteiger partial charge in [-0.25, -0.2) is 9.67 Å². The van der Waals surface area contributed by atoms with Crippen LogP contribution in [0.3, 0.4) is 0 Å². The van der Waals surface area contributed by atoms with Crippen LogP contribution in [0.25, 0.3) is 0 Å². The third-order valence-corrected chi connectivity index (χ3v) is 4.55. The minimum Gasteiger partial charge on any atom is -0.381 e. The summed E-state index contributed by atoms with van der Waals surface area (Å²) in [5.41, 5.74) is 2.10. The molecule has 0 spiro atoms. The quantitative estimate of drug-likeness (QED) is 0.842. The molecule has 2 aliphatic heterocycles. The van der Waals surface area contributed by atoms with Crippen LogP contribution in [0.2, 0.25) is 0 Å². The van der Waals surface area contributed by atoms with Crippen molar-refractivity contribution in [3.05, 3.63) is 23.8 Å². The van der Waals surface area contributed by atoms with Crippen LogP contribution in [-0.2, 0) is 17.8 Å². The molecule has 4 rings (SSSR count). The lowest BCUT2D eigenvalue weighted by atomic mass is 10.1. The SMILES string of the molecule is c1c([C@H]2CCOC2)nnn1Cc1cn2c(n1)SCC2. The molecule has 0 amide bonds. The number of hydrogen-bond acceptors (Lipinski definition) is 5. The Morgan fingerprint density at radius 2 is 2.42 bits per heavy atom. The molecule has 0 N–H and O–H groups in total. The Morgan fingerprint density at radius 3 is 3.26 bits per heavy atom. The van der Waals surface area contributed by atoms with E-state index < -0.39 is 0 Å². The monoisotopic (exact) mass is 277 g/mol. The van der Waals surface area contributed by atoms with Crippen molar-refractivity contribution >= 4 is 11.8 Å². The number of aryl methyl sites for hydroxylation is 1. The number of imidazole rings is 1. The molecule has 0 aliphatic carbocycles. The maximum absolute atomic E-state index is 5.38. The first-order chi connectivity index (χ1) is 9.38. The summed E-state index contributed by atoms with van der Waals surface area (Å²) in [6.45, 7) is 3.37. The van der Waals surface area contributed by atoms with Crippen molar-refractivity contribution in [3.63, 3.8) is 0 Å². The number of aromatic nitrogens is 5. The summed E-state index contributed by atoms with van der Waals surface area (Å²) in [6, 6.07) is 0. The van der Waals surface area contributed by atoms with Gasteiger partial charge in [-0.1, -0.05) is 17.0 Å². The fourth-order valence-electron chi connectivity index (χ4n) is 2.55. The van der Waals surface area contributed by atoms with Gasteiger partial charge in [-0.15, -0.1) is 5.10 Å². The molecule has 0 unspecified atom stereocenters. The summed E-state index contributed by atoms with van der Waals surface area (Å²) < 4.78 is 9.47. The van der Waals surface area contributed by atoms with E-state index in [1.54, 1.807) is 0 Å². The molecule has 2 aliphatic rings. The number of fused-ring (bicyclic) bond motifs is 1. The van der Waals surface area contributed by atoms with Gasteiger partial charge in [0, 0.05) is 37.2 Å². The Kier molecular flexibility index (Phi) is 2.81. The molecule has 0 bridgehead atoms. The van der Waals surface area contributed by atoms with Gasteiger partial charge < -0.3 is 9.30 Å². The van der Waals surface area contributed by atoms with Gasteiger partial charge in [-0.3, -0.25) is 0 Å². The third-order valence-electron chi connectivity index (χ3n) is 3.58. The van der Waals surface area contributed by atoms with E-state index in [1.807, 2.05) is 22.6 Å². The van der Waals surface area contributed by atoms with E-state index in [4.69, 9.17) is 4.74 Å². The highest BCUT2D eigenvalue weighted by Gasteiger charge is 2.21. The highest BCUT2D eigenvalue weighted by molar-refractivity contribution is 7.99. The van der Waals surface area contributed by atoms with Gasteiger partial charge >= 0.3 is 0 Å². The molecule has 4 heterocycles. The molecular weight excluding hydrogens is 262 g/mol. The third kappa shape index (κ3) is 2.17. The molecule has 1 atom stereocenters. The molecule has 100 valence electrons. The highest BCUT2D eigenvalue weighted by atomic mass is 32.2. The Morgan fingerprint density at radius 1 is 1.42 bits per heavy atom. The second kappa shape index (κ2) is 4.64. The van der Waals surface area contributed by atoms with Gasteiger partial charge in [0.05, 0.1) is 24.5 Å². The first-order valence-electron chi connectivity index (χ1n) is 6.55. The summed E-state index contributed by atoms with van der Waals surface area (Å²) in [5, 5.41) is 9.57. The van der Waals surface area contributed by atoms with Gasteiger partial charge in [-0.2, -0.15) is 0 Å². The maximum Gasteiger partial charge on any atom is 0.168 e. The molecule has 0 aromatic carbocycles. The fourth-order valence-corrected chi connectivity index (χ4v) is 3.51. The van der Waals surface area contributed by atoms with Crippen LogP contribution in [-0.4, -0.2) is 43.5 Å². The molecular formula is C12H15N5OS. The lowest BCUT2D eigenvalue weighted by Crippen LogP contribution is -2.01. The zero-order chi connectivity index (χ0) is 12.7. The molecule has 2 aromatic heterocycles. The molecule has 19 heavy (non-hydrogen) atoms. The van der Waals surface area contributed by atoms with Crippen LogP contribution in [0.15, 0.2) is 17.6 Å². The molecule has 1 fully saturated rings. The maximum atomic E-state index is 5.38. The molecule has 2 aromatic rings. The summed E-state index contributed by atoms with van der Waals surface area (Å²) in [7, 11) is 0. The second-order valence-corrected chi connectivity index (χ2v) is 6.02. The van der Waals surface area contributed by atoms with Crippen molar-refractivity contribution in [2.45, 2.75) is 30.6 Å². The molecule has 7 heteroatoms. The number of rotatable bonds is 3. The molecule has 6 nitrogen and oxygen atoms in total. The van der Waals surface area contributed by atoms with E-state index in [-0.39, 0.29) is 0 Å². The van der Waals surface area contributed by atoms with Crippen molar-refractivity contribution in [1.29, 1.82) is 0 Å². The van der Waals surface area contributed by atoms with Gasteiger partial charge in [0.2, 0.25) is 0 Å². The smallest absolute Gasteiger partial charge is 0.168 e. The topological polar surface area (TPSA) is 57.8 Å². The van der Waals surface area contributed by atoms with E-state index >= 15 is 0 Å². The van der Waals surface area contributed by atoms with E-state index in [0.717, 1.165) is 48.5 Å². The number of thioether (sulfide) groups is 1. The van der Waals surface area contributed by atoms with Crippen molar-refractivity contribution in [3.8, 4) is 0 Å². The lowest BCUT2D eigenvalue weighted by Gasteiger charge is -2.00. The predicted octanol–water partition coefficient (Wildman–Crippen LogP) is 1.13. The van der Waals surface area contributed by atoms with Crippen molar-refractivity contribution in [2.75, 3.05) is 19.0 Å². The van der Waals surface area contributed by atoms with Crippen LogP contribution < -0.4 is 0 Å². The van der Waals surface area contributed by atoms with Gasteiger partial charge in [0.15, 0.2) is 5.16 Å². The minimum absolute atomic E-state index is 0.413. The van der Waals surface area contributed by atoms with E-state index in [0.29, 0.717) is 12.5 Å². The molecule has 0 saturated carbocycles. The van der Waals surface area contributed by atoms with Crippen molar-refractivity contribution in [1.82, 2.24) is 24.5 Å². The molecule has 1 saturated heterocycles. The zero-order valence-corrected chi connectivity index (χ0v) is 11.3. The lowest BCUT2D eigenvalue weighted by molar-refractivity contribution is 0.193. The number of nitrogens with zero attached hydrogens (tertiary/aromatic N) is 5. The van der Waals surface area contributed by atoms with Crippen molar-refractivity contribution in [2.24, 2.45) is 0 Å². The Bertz CT molecular complexity index is 565. The Balaban J connectivity index is 1.49. The average molecular weight is 277 g/mol. The first-order valence-corrected chi connectivity index (χ1v) is 7.54. The van der Waals surface area contributed by atoms with E-state index in [9.17, 15) is 0 Å². The standard InChI is InChI=1S/C12H15N5OS/c1-3-18-8-9(1)11-7-17(15-14-11)6-10-5-16-2-4-19-12(16)13-10/h5,7,9H,1-4,6,8H2/t9-/m0/s1. The Hall–Kier alpha value is -1.34. The second-order valence-electron chi connectivity index (χ2n) is 4.96. The van der Waals surface area contributed by atoms with Crippen LogP contribution >= 0.6 is 11.8 Å². The molecule has 0 radical (unpaired) electrons. The summed E-state index contributed by atoms with van der Waals surface area (Å²) >= 11 is 1.81. The van der Waals surface area contributed by atoms with Gasteiger partial charge in [0.1, 0.15) is 0 Å². The summed E-state index contributed by atoms with van der Waals surface area (Å²) in [5.74, 6) is 1.55. The van der Waals surface area contributed by atoms with Gasteiger partial charge in [-0.05, 0) is 6.42 Å². The predicted molar refractivity (Wildman–Crippen MR) is 70.3 cm³/mol. The zero-order valence-electron chi connectivity index (χ0n) is 10.5. The summed E-state index contributed by atoms with van der Waals surface area (Å²) in [6.07, 6.45) is 5.19. The van der Waals surface area contributed by atoms with Crippen LogP contribution in [0.5, 0.6) is 0 Å². The Labute approximate surface area is 115 Å². The number of ether oxygens (including phenoxy) is 1. The average Bonchev–Trinajstić information content (AvgIpc) is 3.12. The van der Waals surface area contributed by atoms with E-state index in [2.05, 4.69) is 26.1 Å². The van der Waals surface area contributed by atoms with Crippen LogP contribution in [0, 0.1) is 0 Å². The van der Waals surface area contributed by atoms with E-state index in [1.165, 1.54) is 0 Å². The normalized spacial score (nSPS) is 22.0. The largest absolute Gasteiger partial charge is 0.381 e. The fraction of sp³-hybridized carbons (Fsp3) is 0.583. The van der Waals surface area contributed by atoms with Crippen LogP contribution in [0.1, 0.15) is 23.7 Å². The highest BCUT2D eigenvalue weighted by Crippen LogP contribution is 2.25. The number of hydrogen-bond donors (Lipinski definition) is 0. The van der Waals surface area contributed by atoms with Crippen LogP contribution in [0.4, 0.5) is 0 Å². The minimum atomic E-state index is 0.413. The summed E-state index contributed by atoms with van der Waals surface area (Å²) in [4.78, 5) is 4.61. The first kappa shape index (κ1) is 11.5.